The van der Waals surface area contributed by atoms with Crippen LogP contribution in [0.5, 0.6) is 0 Å². The van der Waals surface area contributed by atoms with E-state index in [1.807, 2.05) is 0 Å². The summed E-state index contributed by atoms with van der Waals surface area (Å²) in [5.41, 5.74) is -0.202. The zero-order chi connectivity index (χ0) is 13.4. The van der Waals surface area contributed by atoms with Gasteiger partial charge in [-0.2, -0.15) is 0 Å². The van der Waals surface area contributed by atoms with E-state index in [0.717, 1.165) is 25.7 Å². The van der Waals surface area contributed by atoms with E-state index in [9.17, 15) is 9.59 Å². The molecule has 1 aromatic heterocycles. The van der Waals surface area contributed by atoms with E-state index in [1.165, 1.54) is 11.8 Å². The number of carboxylic acids is 1. The summed E-state index contributed by atoms with van der Waals surface area (Å²) >= 11 is 1.32. The van der Waals surface area contributed by atoms with Gasteiger partial charge in [0.25, 0.3) is 0 Å². The summed E-state index contributed by atoms with van der Waals surface area (Å²) in [5.74, 6) is -0.474. The molecule has 0 aromatic carbocycles. The first-order chi connectivity index (χ1) is 9.15. The van der Waals surface area contributed by atoms with Gasteiger partial charge in [0, 0.05) is 17.8 Å². The standard InChI is InChI=1S/C11H16N4O3S/c16-9(17)8(12-6-1-2-6)5-19-11-14-13-10(18)15(11)7-3-4-7/h6-8,12H,1-5H2,(H,13,18)(H,16,17). The van der Waals surface area contributed by atoms with Crippen molar-refractivity contribution < 1.29 is 9.90 Å². The Balaban J connectivity index is 1.63. The van der Waals surface area contributed by atoms with Crippen LogP contribution < -0.4 is 11.0 Å². The summed E-state index contributed by atoms with van der Waals surface area (Å²) in [7, 11) is 0. The van der Waals surface area contributed by atoms with Gasteiger partial charge in [0.15, 0.2) is 5.16 Å². The fourth-order valence-corrected chi connectivity index (χ4v) is 2.97. The van der Waals surface area contributed by atoms with Gasteiger partial charge in [0.2, 0.25) is 0 Å². The maximum absolute atomic E-state index is 11.6. The largest absolute Gasteiger partial charge is 0.480 e. The van der Waals surface area contributed by atoms with Crippen molar-refractivity contribution in [2.24, 2.45) is 0 Å². The van der Waals surface area contributed by atoms with Crippen molar-refractivity contribution in [2.75, 3.05) is 5.75 Å². The number of nitrogens with zero attached hydrogens (tertiary/aromatic N) is 2. The van der Waals surface area contributed by atoms with Crippen LogP contribution in [0.25, 0.3) is 0 Å². The molecule has 2 aliphatic carbocycles. The number of rotatable bonds is 7. The monoisotopic (exact) mass is 284 g/mol. The Labute approximate surface area is 113 Å². The normalized spacial score (nSPS) is 20.4. The Bertz CT molecular complexity index is 532. The molecule has 2 saturated carbocycles. The summed E-state index contributed by atoms with van der Waals surface area (Å²) in [6.45, 7) is 0. The predicted molar refractivity (Wildman–Crippen MR) is 69.4 cm³/mol. The molecular formula is C11H16N4O3S. The Hall–Kier alpha value is -1.28. The van der Waals surface area contributed by atoms with Crippen LogP contribution in [0.2, 0.25) is 0 Å². The zero-order valence-electron chi connectivity index (χ0n) is 10.3. The Morgan fingerprint density at radius 1 is 1.53 bits per heavy atom. The summed E-state index contributed by atoms with van der Waals surface area (Å²) < 4.78 is 1.64. The minimum atomic E-state index is -0.852. The fraction of sp³-hybridized carbons (Fsp3) is 0.727. The molecule has 0 amide bonds. The van der Waals surface area contributed by atoms with Crippen LogP contribution >= 0.6 is 11.8 Å². The van der Waals surface area contributed by atoms with Crippen molar-refractivity contribution in [1.29, 1.82) is 0 Å². The molecular weight excluding hydrogens is 268 g/mol. The first-order valence-corrected chi connectivity index (χ1v) is 7.42. The molecule has 3 rings (SSSR count). The van der Waals surface area contributed by atoms with E-state index in [0.29, 0.717) is 17.0 Å². The summed E-state index contributed by atoms with van der Waals surface area (Å²) in [6, 6.07) is -0.00289. The lowest BCUT2D eigenvalue weighted by molar-refractivity contribution is -0.138. The second-order valence-corrected chi connectivity index (χ2v) is 6.04. The minimum Gasteiger partial charge on any atom is -0.480 e. The van der Waals surface area contributed by atoms with Gasteiger partial charge in [0.05, 0.1) is 0 Å². The van der Waals surface area contributed by atoms with Gasteiger partial charge in [-0.15, -0.1) is 5.10 Å². The third-order valence-electron chi connectivity index (χ3n) is 3.28. The zero-order valence-corrected chi connectivity index (χ0v) is 11.2. The number of thioether (sulfide) groups is 1. The Morgan fingerprint density at radius 2 is 2.26 bits per heavy atom. The van der Waals surface area contributed by atoms with E-state index in [2.05, 4.69) is 15.5 Å². The van der Waals surface area contributed by atoms with Gasteiger partial charge >= 0.3 is 11.7 Å². The average molecular weight is 284 g/mol. The van der Waals surface area contributed by atoms with E-state index in [-0.39, 0.29) is 11.7 Å². The molecule has 7 nitrogen and oxygen atoms in total. The van der Waals surface area contributed by atoms with E-state index >= 15 is 0 Å². The van der Waals surface area contributed by atoms with E-state index < -0.39 is 12.0 Å². The first-order valence-electron chi connectivity index (χ1n) is 6.43. The number of H-pyrrole nitrogens is 1. The third kappa shape index (κ3) is 3.01. The van der Waals surface area contributed by atoms with Crippen LogP contribution in [0, 0.1) is 0 Å². The number of hydrogen-bond acceptors (Lipinski definition) is 5. The maximum atomic E-state index is 11.6. The summed E-state index contributed by atoms with van der Waals surface area (Å²) in [4.78, 5) is 22.7. The predicted octanol–water partition coefficient (Wildman–Crippen LogP) is 0.204. The number of hydrogen-bond donors (Lipinski definition) is 3. The van der Waals surface area contributed by atoms with Crippen LogP contribution in [0.1, 0.15) is 31.7 Å². The fourth-order valence-electron chi connectivity index (χ4n) is 1.93. The molecule has 0 bridgehead atoms. The summed E-state index contributed by atoms with van der Waals surface area (Å²) in [5, 5.41) is 19.2. The van der Waals surface area contributed by atoms with Gasteiger partial charge in [0.1, 0.15) is 6.04 Å². The maximum Gasteiger partial charge on any atom is 0.344 e. The molecule has 2 aliphatic rings. The molecule has 8 heteroatoms. The molecule has 1 atom stereocenters. The smallest absolute Gasteiger partial charge is 0.344 e. The van der Waals surface area contributed by atoms with Gasteiger partial charge in [-0.05, 0) is 25.7 Å². The lowest BCUT2D eigenvalue weighted by Crippen LogP contribution is -2.40. The molecule has 104 valence electrons. The van der Waals surface area contributed by atoms with Crippen LogP contribution in [-0.2, 0) is 4.79 Å². The number of carbonyl (C=O) groups is 1. The molecule has 3 N–H and O–H groups in total. The van der Waals surface area contributed by atoms with Crippen molar-refractivity contribution in [2.45, 2.75) is 49.0 Å². The van der Waals surface area contributed by atoms with E-state index in [4.69, 9.17) is 5.11 Å². The van der Waals surface area contributed by atoms with Gasteiger partial charge in [-0.3, -0.25) is 9.36 Å². The van der Waals surface area contributed by atoms with Crippen molar-refractivity contribution in [1.82, 2.24) is 20.1 Å². The average Bonchev–Trinajstić information content (AvgIpc) is 3.26. The molecule has 0 aliphatic heterocycles. The lowest BCUT2D eigenvalue weighted by Gasteiger charge is -2.13. The summed E-state index contributed by atoms with van der Waals surface area (Å²) in [6.07, 6.45) is 4.08. The Kier molecular flexibility index (Phi) is 3.36. The van der Waals surface area contributed by atoms with Gasteiger partial charge in [-0.25, -0.2) is 9.89 Å². The van der Waals surface area contributed by atoms with Crippen LogP contribution in [0.15, 0.2) is 9.95 Å². The molecule has 0 radical (unpaired) electrons. The van der Waals surface area contributed by atoms with Gasteiger partial charge < -0.3 is 10.4 Å². The highest BCUT2D eigenvalue weighted by molar-refractivity contribution is 7.99. The quantitative estimate of drug-likeness (QED) is 0.619. The number of nitrogens with one attached hydrogen (secondary N) is 2. The van der Waals surface area contributed by atoms with Crippen LogP contribution in [0.4, 0.5) is 0 Å². The lowest BCUT2D eigenvalue weighted by atomic mass is 10.3. The molecule has 0 spiro atoms. The molecule has 1 heterocycles. The van der Waals surface area contributed by atoms with Crippen molar-refractivity contribution in [3.8, 4) is 0 Å². The van der Waals surface area contributed by atoms with E-state index in [1.54, 1.807) is 4.57 Å². The second kappa shape index (κ2) is 5.01. The highest BCUT2D eigenvalue weighted by Crippen LogP contribution is 2.36. The van der Waals surface area contributed by atoms with Crippen molar-refractivity contribution in [3.05, 3.63) is 10.5 Å². The number of carboxylic acid groups (broad SMARTS) is 1. The minimum absolute atomic E-state index is 0.202. The third-order valence-corrected chi connectivity index (χ3v) is 4.32. The molecule has 19 heavy (non-hydrogen) atoms. The topological polar surface area (TPSA) is 100 Å². The molecule has 1 aromatic rings. The second-order valence-electron chi connectivity index (χ2n) is 5.06. The van der Waals surface area contributed by atoms with Crippen LogP contribution in [0.3, 0.4) is 0 Å². The molecule has 0 saturated heterocycles. The van der Waals surface area contributed by atoms with Gasteiger partial charge in [-0.1, -0.05) is 11.8 Å². The van der Waals surface area contributed by atoms with Crippen molar-refractivity contribution >= 4 is 17.7 Å². The first kappa shape index (κ1) is 12.7. The SMILES string of the molecule is O=C(O)C(CSc1n[nH]c(=O)n1C1CC1)NC1CC1. The number of aliphatic carboxylic acids is 1. The number of aromatic nitrogens is 3. The van der Waals surface area contributed by atoms with Crippen LogP contribution in [-0.4, -0.2) is 43.7 Å². The number of aromatic amines is 1. The Morgan fingerprint density at radius 3 is 2.84 bits per heavy atom. The van der Waals surface area contributed by atoms with Crippen molar-refractivity contribution in [3.63, 3.8) is 0 Å². The highest BCUT2D eigenvalue weighted by atomic mass is 32.2. The molecule has 2 fully saturated rings. The molecule has 1 unspecified atom stereocenters. The highest BCUT2D eigenvalue weighted by Gasteiger charge is 2.31.